The van der Waals surface area contributed by atoms with Gasteiger partial charge in [0.25, 0.3) is 0 Å². The molecule has 0 aliphatic heterocycles. The van der Waals surface area contributed by atoms with Gasteiger partial charge in [0.05, 0.1) is 0 Å². The fourth-order valence-electron chi connectivity index (χ4n) is 1.97. The largest absolute Gasteiger partial charge is 0.0577 e. The molecule has 1 saturated carbocycles. The zero-order valence-electron chi connectivity index (χ0n) is 7.67. The lowest BCUT2D eigenvalue weighted by molar-refractivity contribution is 0.646. The molecule has 1 aliphatic rings. The molecule has 0 bridgehead atoms. The predicted octanol–water partition coefficient (Wildman–Crippen LogP) is 4.03. The molecule has 0 atom stereocenters. The van der Waals surface area contributed by atoms with Crippen LogP contribution in [0.5, 0.6) is 0 Å². The van der Waals surface area contributed by atoms with E-state index in [4.69, 9.17) is 0 Å². The van der Waals surface area contributed by atoms with Crippen molar-refractivity contribution in [3.05, 3.63) is 39.8 Å². The Morgan fingerprint density at radius 1 is 1.08 bits per heavy atom. The van der Waals surface area contributed by atoms with Gasteiger partial charge in [-0.3, -0.25) is 0 Å². The maximum absolute atomic E-state index is 2.43. The third-order valence-corrected chi connectivity index (χ3v) is 3.42. The van der Waals surface area contributed by atoms with Crippen LogP contribution in [0.2, 0.25) is 0 Å². The smallest absolute Gasteiger partial charge is 0.0130 e. The van der Waals surface area contributed by atoms with Crippen LogP contribution < -0.4 is 0 Å². The lowest BCUT2D eigenvalue weighted by Crippen LogP contribution is -1.95. The Hall–Kier alpha value is -0.0500. The van der Waals surface area contributed by atoms with Gasteiger partial charge in [-0.15, -0.1) is 0 Å². The molecule has 69 valence electrons. The minimum Gasteiger partial charge on any atom is -0.0577 e. The summed E-state index contributed by atoms with van der Waals surface area (Å²) in [5.74, 6) is 0.847. The van der Waals surface area contributed by atoms with Crippen LogP contribution in [0.1, 0.15) is 31.2 Å². The zero-order chi connectivity index (χ0) is 9.10. The molecule has 0 unspecified atom stereocenters. The van der Waals surface area contributed by atoms with Gasteiger partial charge in [-0.25, -0.2) is 0 Å². The lowest BCUT2D eigenvalue weighted by atomic mass is 9.98. The van der Waals surface area contributed by atoms with Gasteiger partial charge in [0, 0.05) is 3.57 Å². The average molecular weight is 285 g/mol. The van der Waals surface area contributed by atoms with E-state index >= 15 is 0 Å². The molecule has 0 saturated heterocycles. The maximum atomic E-state index is 2.43. The van der Waals surface area contributed by atoms with E-state index in [1.54, 1.807) is 0 Å². The van der Waals surface area contributed by atoms with Gasteiger partial charge in [0.2, 0.25) is 0 Å². The summed E-state index contributed by atoms with van der Waals surface area (Å²) >= 11 is 2.35. The summed E-state index contributed by atoms with van der Waals surface area (Å²) in [6.07, 6.45) is 8.07. The Labute approximate surface area is 93.9 Å². The van der Waals surface area contributed by atoms with Crippen molar-refractivity contribution in [2.24, 2.45) is 5.92 Å². The molecule has 2 rings (SSSR count). The molecule has 0 heterocycles. The quantitative estimate of drug-likeness (QED) is 0.720. The fraction of sp³-hybridized carbons (Fsp3) is 0.417. The topological polar surface area (TPSA) is 0 Å². The average Bonchev–Trinajstić information content (AvgIpc) is 2.62. The van der Waals surface area contributed by atoms with E-state index in [1.165, 1.54) is 34.8 Å². The van der Waals surface area contributed by atoms with E-state index in [1.807, 2.05) is 0 Å². The molecule has 1 fully saturated rings. The van der Waals surface area contributed by atoms with Crippen LogP contribution in [0.25, 0.3) is 0 Å². The van der Waals surface area contributed by atoms with E-state index in [0.29, 0.717) is 0 Å². The second-order valence-corrected chi connectivity index (χ2v) is 5.01. The minimum absolute atomic E-state index is 0.847. The molecule has 1 aliphatic carbocycles. The van der Waals surface area contributed by atoms with Crippen molar-refractivity contribution >= 4 is 22.6 Å². The van der Waals surface area contributed by atoms with Gasteiger partial charge in [-0.05, 0) is 65.5 Å². The molecular formula is C12H14I. The molecular weight excluding hydrogens is 271 g/mol. The molecule has 0 aromatic heterocycles. The van der Waals surface area contributed by atoms with Gasteiger partial charge in [0.1, 0.15) is 0 Å². The predicted molar refractivity (Wildman–Crippen MR) is 64.5 cm³/mol. The molecule has 13 heavy (non-hydrogen) atoms. The maximum Gasteiger partial charge on any atom is 0.0130 e. The Balaban J connectivity index is 1.97. The summed E-state index contributed by atoms with van der Waals surface area (Å²) in [6.45, 7) is 0. The van der Waals surface area contributed by atoms with Gasteiger partial charge in [-0.1, -0.05) is 25.0 Å². The van der Waals surface area contributed by atoms with Gasteiger partial charge >= 0.3 is 0 Å². The Bertz CT molecular complexity index is 257. The van der Waals surface area contributed by atoms with Crippen molar-refractivity contribution in [3.8, 4) is 0 Å². The summed E-state index contributed by atoms with van der Waals surface area (Å²) in [5.41, 5.74) is 1.40. The monoisotopic (exact) mass is 285 g/mol. The zero-order valence-corrected chi connectivity index (χ0v) is 9.83. The number of hydrogen-bond donors (Lipinski definition) is 0. The second-order valence-electron chi connectivity index (χ2n) is 3.76. The highest BCUT2D eigenvalue weighted by molar-refractivity contribution is 14.1. The normalized spacial score (nSPS) is 17.9. The molecule has 0 N–H and O–H groups in total. The SMILES string of the molecule is Ic1ccc([CH]C2CCCC2)cc1. The Morgan fingerprint density at radius 2 is 1.69 bits per heavy atom. The van der Waals surface area contributed by atoms with E-state index in [9.17, 15) is 0 Å². The number of benzene rings is 1. The molecule has 1 radical (unpaired) electrons. The van der Waals surface area contributed by atoms with Crippen LogP contribution in [0.3, 0.4) is 0 Å². The number of rotatable bonds is 2. The van der Waals surface area contributed by atoms with E-state index in [2.05, 4.69) is 53.3 Å². The van der Waals surface area contributed by atoms with Crippen LogP contribution in [-0.2, 0) is 0 Å². The van der Waals surface area contributed by atoms with Crippen molar-refractivity contribution in [2.75, 3.05) is 0 Å². The van der Waals surface area contributed by atoms with E-state index in [0.717, 1.165) is 5.92 Å². The highest BCUT2D eigenvalue weighted by Gasteiger charge is 2.15. The first kappa shape index (κ1) is 9.50. The van der Waals surface area contributed by atoms with Crippen LogP contribution in [0.4, 0.5) is 0 Å². The van der Waals surface area contributed by atoms with Crippen LogP contribution in [0, 0.1) is 15.9 Å². The molecule has 0 spiro atoms. The second kappa shape index (κ2) is 4.45. The third-order valence-electron chi connectivity index (χ3n) is 2.70. The molecule has 1 heteroatoms. The Morgan fingerprint density at radius 3 is 2.31 bits per heavy atom. The van der Waals surface area contributed by atoms with Crippen LogP contribution >= 0.6 is 22.6 Å². The first-order valence-corrected chi connectivity index (χ1v) is 6.03. The summed E-state index contributed by atoms with van der Waals surface area (Å²) in [6, 6.07) is 8.81. The number of hydrogen-bond acceptors (Lipinski definition) is 0. The van der Waals surface area contributed by atoms with E-state index < -0.39 is 0 Å². The fourth-order valence-corrected chi connectivity index (χ4v) is 2.33. The Kier molecular flexibility index (Phi) is 3.25. The van der Waals surface area contributed by atoms with Crippen LogP contribution in [0.15, 0.2) is 24.3 Å². The number of halogens is 1. The molecule has 0 amide bonds. The summed E-state index contributed by atoms with van der Waals surface area (Å²) < 4.78 is 1.32. The molecule has 1 aromatic rings. The van der Waals surface area contributed by atoms with Crippen LogP contribution in [-0.4, -0.2) is 0 Å². The lowest BCUT2D eigenvalue weighted by Gasteiger charge is -2.07. The van der Waals surface area contributed by atoms with Gasteiger partial charge < -0.3 is 0 Å². The summed E-state index contributed by atoms with van der Waals surface area (Å²) in [5, 5.41) is 0. The highest BCUT2D eigenvalue weighted by atomic mass is 127. The van der Waals surface area contributed by atoms with Gasteiger partial charge in [0.15, 0.2) is 0 Å². The minimum atomic E-state index is 0.847. The third kappa shape index (κ3) is 2.70. The van der Waals surface area contributed by atoms with Crippen molar-refractivity contribution in [3.63, 3.8) is 0 Å². The summed E-state index contributed by atoms with van der Waals surface area (Å²) in [7, 11) is 0. The summed E-state index contributed by atoms with van der Waals surface area (Å²) in [4.78, 5) is 0. The highest BCUT2D eigenvalue weighted by Crippen LogP contribution is 2.29. The standard InChI is InChI=1S/C12H14I/c13-12-7-5-11(6-8-12)9-10-3-1-2-4-10/h5-10H,1-4H2. The van der Waals surface area contributed by atoms with Crippen molar-refractivity contribution in [1.29, 1.82) is 0 Å². The first-order valence-electron chi connectivity index (χ1n) is 4.95. The van der Waals surface area contributed by atoms with Gasteiger partial charge in [-0.2, -0.15) is 0 Å². The van der Waals surface area contributed by atoms with Crippen molar-refractivity contribution in [1.82, 2.24) is 0 Å². The van der Waals surface area contributed by atoms with Crippen molar-refractivity contribution < 1.29 is 0 Å². The van der Waals surface area contributed by atoms with E-state index in [-0.39, 0.29) is 0 Å². The van der Waals surface area contributed by atoms with Crippen molar-refractivity contribution in [2.45, 2.75) is 25.7 Å². The first-order chi connectivity index (χ1) is 6.34. The molecule has 1 aromatic carbocycles. The molecule has 0 nitrogen and oxygen atoms in total.